The smallest absolute Gasteiger partial charge is 0.410 e. The van der Waals surface area contributed by atoms with Crippen molar-refractivity contribution in [2.75, 3.05) is 6.54 Å². The first kappa shape index (κ1) is 14.4. The molecule has 0 N–H and O–H groups in total. The van der Waals surface area contributed by atoms with Gasteiger partial charge in [-0.05, 0) is 23.6 Å². The summed E-state index contributed by atoms with van der Waals surface area (Å²) in [5.74, 6) is 0. The SMILES string of the molecule is C=C(c1ccc(C)cc1)C1CN(Cc2ccccc2)C(=O)O1. The Morgan fingerprint density at radius 2 is 1.86 bits per heavy atom. The second kappa shape index (κ2) is 6.06. The van der Waals surface area contributed by atoms with Crippen LogP contribution in [0.3, 0.4) is 0 Å². The quantitative estimate of drug-likeness (QED) is 0.851. The van der Waals surface area contributed by atoms with Gasteiger partial charge < -0.3 is 4.74 Å². The molecule has 1 unspecified atom stereocenters. The summed E-state index contributed by atoms with van der Waals surface area (Å²) in [7, 11) is 0. The zero-order valence-corrected chi connectivity index (χ0v) is 12.7. The molecule has 22 heavy (non-hydrogen) atoms. The van der Waals surface area contributed by atoms with Gasteiger partial charge >= 0.3 is 6.09 Å². The van der Waals surface area contributed by atoms with Crippen LogP contribution < -0.4 is 0 Å². The number of carbonyl (C=O) groups is 1. The Bertz CT molecular complexity index is 676. The number of amides is 1. The molecule has 2 aromatic carbocycles. The van der Waals surface area contributed by atoms with E-state index >= 15 is 0 Å². The van der Waals surface area contributed by atoms with Crippen molar-refractivity contribution >= 4 is 11.7 Å². The Morgan fingerprint density at radius 1 is 1.18 bits per heavy atom. The summed E-state index contributed by atoms with van der Waals surface area (Å²) in [4.78, 5) is 13.8. The minimum atomic E-state index is -0.279. The maximum absolute atomic E-state index is 12.0. The van der Waals surface area contributed by atoms with Crippen LogP contribution in [0.5, 0.6) is 0 Å². The van der Waals surface area contributed by atoms with Crippen LogP contribution in [0.15, 0.2) is 61.2 Å². The van der Waals surface area contributed by atoms with Crippen LogP contribution >= 0.6 is 0 Å². The Hall–Kier alpha value is -2.55. The van der Waals surface area contributed by atoms with Crippen molar-refractivity contribution in [3.63, 3.8) is 0 Å². The van der Waals surface area contributed by atoms with Crippen LogP contribution in [-0.4, -0.2) is 23.6 Å². The molecular formula is C19H19NO2. The van der Waals surface area contributed by atoms with E-state index in [9.17, 15) is 4.79 Å². The van der Waals surface area contributed by atoms with Crippen LogP contribution in [0.2, 0.25) is 0 Å². The standard InChI is InChI=1S/C19H19NO2/c1-14-8-10-17(11-9-14)15(2)18-13-20(19(21)22-18)12-16-6-4-3-5-7-16/h3-11,18H,2,12-13H2,1H3. The molecule has 3 nitrogen and oxygen atoms in total. The van der Waals surface area contributed by atoms with Crippen LogP contribution in [0, 0.1) is 6.92 Å². The summed E-state index contributed by atoms with van der Waals surface area (Å²) in [6, 6.07) is 18.0. The predicted molar refractivity (Wildman–Crippen MR) is 87.3 cm³/mol. The zero-order valence-electron chi connectivity index (χ0n) is 12.7. The summed E-state index contributed by atoms with van der Waals surface area (Å²) in [6.45, 7) is 7.26. The molecule has 0 aliphatic carbocycles. The Balaban J connectivity index is 1.69. The molecule has 3 rings (SSSR count). The topological polar surface area (TPSA) is 29.5 Å². The highest BCUT2D eigenvalue weighted by atomic mass is 16.6. The molecule has 1 atom stereocenters. The summed E-state index contributed by atoms with van der Waals surface area (Å²) < 4.78 is 5.48. The molecule has 1 aliphatic rings. The van der Waals surface area contributed by atoms with E-state index in [1.165, 1.54) is 5.56 Å². The van der Waals surface area contributed by atoms with Crippen molar-refractivity contribution < 1.29 is 9.53 Å². The van der Waals surface area contributed by atoms with Gasteiger partial charge in [-0.3, -0.25) is 4.90 Å². The first-order chi connectivity index (χ1) is 10.6. The van der Waals surface area contributed by atoms with Gasteiger partial charge in [-0.25, -0.2) is 4.79 Å². The van der Waals surface area contributed by atoms with Gasteiger partial charge in [-0.1, -0.05) is 66.7 Å². The second-order valence-electron chi connectivity index (χ2n) is 5.63. The van der Waals surface area contributed by atoms with Gasteiger partial charge in [-0.2, -0.15) is 0 Å². The van der Waals surface area contributed by atoms with Crippen molar-refractivity contribution in [3.05, 3.63) is 77.9 Å². The van der Waals surface area contributed by atoms with Crippen LogP contribution in [0.4, 0.5) is 4.79 Å². The monoisotopic (exact) mass is 293 g/mol. The zero-order chi connectivity index (χ0) is 15.5. The van der Waals surface area contributed by atoms with Crippen molar-refractivity contribution in [2.45, 2.75) is 19.6 Å². The van der Waals surface area contributed by atoms with Gasteiger partial charge in [0.05, 0.1) is 6.54 Å². The molecule has 1 amide bonds. The lowest BCUT2D eigenvalue weighted by Crippen LogP contribution is -2.24. The van der Waals surface area contributed by atoms with Crippen LogP contribution in [-0.2, 0) is 11.3 Å². The minimum absolute atomic E-state index is 0.276. The third-order valence-electron chi connectivity index (χ3n) is 3.91. The number of aryl methyl sites for hydroxylation is 1. The first-order valence-electron chi connectivity index (χ1n) is 7.39. The summed E-state index contributed by atoms with van der Waals surface area (Å²) in [5.41, 5.74) is 4.17. The lowest BCUT2D eigenvalue weighted by Gasteiger charge is -2.14. The fourth-order valence-corrected chi connectivity index (χ4v) is 2.58. The molecule has 1 saturated heterocycles. The van der Waals surface area contributed by atoms with Gasteiger partial charge in [0.2, 0.25) is 0 Å². The Kier molecular flexibility index (Phi) is 3.96. The molecular weight excluding hydrogens is 274 g/mol. The van der Waals surface area contributed by atoms with Crippen molar-refractivity contribution in [2.24, 2.45) is 0 Å². The van der Waals surface area contributed by atoms with E-state index in [1.807, 2.05) is 61.5 Å². The molecule has 0 radical (unpaired) electrons. The fraction of sp³-hybridized carbons (Fsp3) is 0.211. The average Bonchev–Trinajstić information content (AvgIpc) is 2.89. The van der Waals surface area contributed by atoms with Gasteiger partial charge in [0.15, 0.2) is 0 Å². The summed E-state index contributed by atoms with van der Waals surface area (Å²) >= 11 is 0. The van der Waals surface area contributed by atoms with Gasteiger partial charge in [-0.15, -0.1) is 0 Å². The summed E-state index contributed by atoms with van der Waals surface area (Å²) in [6.07, 6.45) is -0.555. The largest absolute Gasteiger partial charge is 0.439 e. The maximum atomic E-state index is 12.0. The number of rotatable bonds is 4. The highest BCUT2D eigenvalue weighted by Crippen LogP contribution is 2.26. The van der Waals surface area contributed by atoms with E-state index in [-0.39, 0.29) is 12.2 Å². The van der Waals surface area contributed by atoms with Crippen molar-refractivity contribution in [1.82, 2.24) is 4.90 Å². The summed E-state index contributed by atoms with van der Waals surface area (Å²) in [5, 5.41) is 0. The number of benzene rings is 2. The number of ether oxygens (including phenoxy) is 1. The lowest BCUT2D eigenvalue weighted by molar-refractivity contribution is 0.146. The molecule has 2 aromatic rings. The number of hydrogen-bond donors (Lipinski definition) is 0. The van der Waals surface area contributed by atoms with Gasteiger partial charge in [0, 0.05) is 6.54 Å². The van der Waals surface area contributed by atoms with Gasteiger partial charge in [0.1, 0.15) is 6.10 Å². The number of nitrogens with zero attached hydrogens (tertiary/aromatic N) is 1. The molecule has 0 saturated carbocycles. The normalized spacial score (nSPS) is 17.4. The molecule has 1 heterocycles. The maximum Gasteiger partial charge on any atom is 0.410 e. The first-order valence-corrected chi connectivity index (χ1v) is 7.39. The average molecular weight is 293 g/mol. The number of hydrogen-bond acceptors (Lipinski definition) is 2. The van der Waals surface area contributed by atoms with E-state index in [1.54, 1.807) is 4.90 Å². The second-order valence-corrected chi connectivity index (χ2v) is 5.63. The highest BCUT2D eigenvalue weighted by molar-refractivity contribution is 5.76. The Morgan fingerprint density at radius 3 is 2.55 bits per heavy atom. The molecule has 112 valence electrons. The molecule has 0 aromatic heterocycles. The van der Waals surface area contributed by atoms with Crippen LogP contribution in [0.1, 0.15) is 16.7 Å². The van der Waals surface area contributed by atoms with Gasteiger partial charge in [0.25, 0.3) is 0 Å². The third-order valence-corrected chi connectivity index (χ3v) is 3.91. The molecule has 0 bridgehead atoms. The van der Waals surface area contributed by atoms with Crippen molar-refractivity contribution in [3.8, 4) is 0 Å². The minimum Gasteiger partial charge on any atom is -0.439 e. The van der Waals surface area contributed by atoms with E-state index < -0.39 is 0 Å². The fourth-order valence-electron chi connectivity index (χ4n) is 2.58. The lowest BCUT2D eigenvalue weighted by atomic mass is 10.0. The predicted octanol–water partition coefficient (Wildman–Crippen LogP) is 4.03. The van der Waals surface area contributed by atoms with E-state index in [2.05, 4.69) is 6.58 Å². The van der Waals surface area contributed by atoms with Crippen molar-refractivity contribution in [1.29, 1.82) is 0 Å². The number of cyclic esters (lactones) is 1. The molecule has 0 spiro atoms. The molecule has 1 aliphatic heterocycles. The van der Waals surface area contributed by atoms with Crippen LogP contribution in [0.25, 0.3) is 5.57 Å². The van der Waals surface area contributed by atoms with E-state index in [0.29, 0.717) is 13.1 Å². The van der Waals surface area contributed by atoms with E-state index in [4.69, 9.17) is 4.74 Å². The molecule has 1 fully saturated rings. The third kappa shape index (κ3) is 3.03. The number of carbonyl (C=O) groups excluding carboxylic acids is 1. The highest BCUT2D eigenvalue weighted by Gasteiger charge is 2.33. The van der Waals surface area contributed by atoms with E-state index in [0.717, 1.165) is 16.7 Å². The molecule has 3 heteroatoms. The Labute approximate surface area is 130 Å².